The van der Waals surface area contributed by atoms with Crippen LogP contribution in [0.1, 0.15) is 34.7 Å². The van der Waals surface area contributed by atoms with Gasteiger partial charge in [-0.05, 0) is 43.0 Å². The zero-order chi connectivity index (χ0) is 16.5. The first kappa shape index (κ1) is 14.6. The number of nitrogens with zero attached hydrogens (tertiary/aromatic N) is 2. The first-order valence-electron chi connectivity index (χ1n) is 7.79. The summed E-state index contributed by atoms with van der Waals surface area (Å²) in [5, 5.41) is 9.92. The number of aromatic nitrogens is 3. The van der Waals surface area contributed by atoms with E-state index in [1.807, 2.05) is 18.2 Å². The summed E-state index contributed by atoms with van der Waals surface area (Å²) in [6.07, 6.45) is 3.80. The fraction of sp³-hybridized carbons (Fsp3) is 0.167. The van der Waals surface area contributed by atoms with Crippen LogP contribution in [-0.2, 0) is 0 Å². The maximum absolute atomic E-state index is 13.8. The summed E-state index contributed by atoms with van der Waals surface area (Å²) >= 11 is 0. The third-order valence-corrected chi connectivity index (χ3v) is 4.06. The minimum atomic E-state index is -0.552. The molecule has 1 fully saturated rings. The van der Waals surface area contributed by atoms with Gasteiger partial charge < -0.3 is 5.32 Å². The molecule has 2 N–H and O–H groups in total. The lowest BCUT2D eigenvalue weighted by molar-refractivity contribution is 0.102. The first-order valence-corrected chi connectivity index (χ1v) is 7.79. The summed E-state index contributed by atoms with van der Waals surface area (Å²) in [5.41, 5.74) is 2.53. The molecule has 0 aliphatic heterocycles. The molecule has 1 amide bonds. The highest BCUT2D eigenvalue weighted by molar-refractivity contribution is 6.04. The molecule has 24 heavy (non-hydrogen) atoms. The number of benzene rings is 1. The van der Waals surface area contributed by atoms with E-state index >= 15 is 0 Å². The van der Waals surface area contributed by atoms with Crippen molar-refractivity contribution in [1.82, 2.24) is 15.2 Å². The number of hydrogen-bond acceptors (Lipinski definition) is 3. The van der Waals surface area contributed by atoms with Gasteiger partial charge in [0.1, 0.15) is 5.82 Å². The third-order valence-electron chi connectivity index (χ3n) is 4.06. The van der Waals surface area contributed by atoms with Crippen molar-refractivity contribution < 1.29 is 9.18 Å². The molecule has 0 saturated heterocycles. The fourth-order valence-electron chi connectivity index (χ4n) is 2.74. The van der Waals surface area contributed by atoms with Crippen molar-refractivity contribution in [3.8, 4) is 11.4 Å². The molecule has 120 valence electrons. The van der Waals surface area contributed by atoms with Crippen molar-refractivity contribution in [2.75, 3.05) is 5.32 Å². The van der Waals surface area contributed by atoms with Crippen LogP contribution in [0.25, 0.3) is 11.4 Å². The molecule has 1 aliphatic carbocycles. The lowest BCUT2D eigenvalue weighted by Crippen LogP contribution is -2.15. The van der Waals surface area contributed by atoms with Crippen LogP contribution in [0.3, 0.4) is 0 Å². The Kier molecular flexibility index (Phi) is 3.57. The molecule has 2 aromatic heterocycles. The Hall–Kier alpha value is -3.02. The number of hydrogen-bond donors (Lipinski definition) is 2. The van der Waals surface area contributed by atoms with Crippen LogP contribution in [-0.4, -0.2) is 21.1 Å². The number of halogens is 1. The van der Waals surface area contributed by atoms with Gasteiger partial charge in [-0.25, -0.2) is 4.39 Å². The first-order chi connectivity index (χ1) is 11.7. The van der Waals surface area contributed by atoms with Gasteiger partial charge in [0, 0.05) is 11.8 Å². The molecule has 5 nitrogen and oxygen atoms in total. The quantitative estimate of drug-likeness (QED) is 0.768. The van der Waals surface area contributed by atoms with Crippen LogP contribution in [0.4, 0.5) is 10.2 Å². The second kappa shape index (κ2) is 5.88. The standard InChI is InChI=1S/C18H15FN4O/c19-13-6-2-1-5-12(13)18(24)21-17-15(11-8-9-11)16(22-23-17)14-7-3-4-10-20-14/h1-7,10-11H,8-9H2,(H2,21,22,23,24). The van der Waals surface area contributed by atoms with Gasteiger partial charge in [-0.3, -0.25) is 14.9 Å². The SMILES string of the molecule is O=C(Nc1n[nH]c(-c2ccccn2)c1C1CC1)c1ccccc1F. The van der Waals surface area contributed by atoms with E-state index in [4.69, 9.17) is 0 Å². The van der Waals surface area contributed by atoms with Gasteiger partial charge >= 0.3 is 0 Å². The summed E-state index contributed by atoms with van der Waals surface area (Å²) in [6, 6.07) is 11.5. The van der Waals surface area contributed by atoms with E-state index in [1.165, 1.54) is 12.1 Å². The van der Waals surface area contributed by atoms with Crippen LogP contribution in [0.2, 0.25) is 0 Å². The van der Waals surface area contributed by atoms with E-state index in [9.17, 15) is 9.18 Å². The second-order valence-corrected chi connectivity index (χ2v) is 5.78. The lowest BCUT2D eigenvalue weighted by Gasteiger charge is -2.07. The Balaban J connectivity index is 1.68. The minimum Gasteiger partial charge on any atom is -0.305 e. The Bertz CT molecular complexity index is 887. The Labute approximate surface area is 137 Å². The number of H-pyrrole nitrogens is 1. The van der Waals surface area contributed by atoms with Crippen molar-refractivity contribution >= 4 is 11.7 Å². The molecule has 0 atom stereocenters. The van der Waals surface area contributed by atoms with Crippen LogP contribution in [0.15, 0.2) is 48.7 Å². The average Bonchev–Trinajstić information content (AvgIpc) is 3.36. The Morgan fingerprint density at radius 3 is 2.67 bits per heavy atom. The Morgan fingerprint density at radius 2 is 1.96 bits per heavy atom. The molecule has 2 heterocycles. The molecule has 0 spiro atoms. The number of aromatic amines is 1. The maximum Gasteiger partial charge on any atom is 0.259 e. The molecule has 1 aromatic carbocycles. The highest BCUT2D eigenvalue weighted by Crippen LogP contribution is 2.46. The van der Waals surface area contributed by atoms with Gasteiger partial charge in [-0.15, -0.1) is 0 Å². The summed E-state index contributed by atoms with van der Waals surface area (Å²) in [7, 11) is 0. The fourth-order valence-corrected chi connectivity index (χ4v) is 2.74. The van der Waals surface area contributed by atoms with Gasteiger partial charge in [0.05, 0.1) is 17.0 Å². The van der Waals surface area contributed by atoms with Crippen molar-refractivity contribution in [3.05, 3.63) is 65.6 Å². The van der Waals surface area contributed by atoms with Gasteiger partial charge in [-0.2, -0.15) is 5.10 Å². The van der Waals surface area contributed by atoms with E-state index in [0.717, 1.165) is 29.8 Å². The molecule has 1 aliphatic rings. The Morgan fingerprint density at radius 1 is 1.17 bits per heavy atom. The molecule has 1 saturated carbocycles. The van der Waals surface area contributed by atoms with Gasteiger partial charge in [0.15, 0.2) is 5.82 Å². The zero-order valence-corrected chi connectivity index (χ0v) is 12.8. The third kappa shape index (κ3) is 2.67. The predicted octanol–water partition coefficient (Wildman–Crippen LogP) is 3.74. The summed E-state index contributed by atoms with van der Waals surface area (Å²) in [6.45, 7) is 0. The molecular weight excluding hydrogens is 307 g/mol. The lowest BCUT2D eigenvalue weighted by atomic mass is 10.1. The van der Waals surface area contributed by atoms with Crippen LogP contribution in [0.5, 0.6) is 0 Å². The monoisotopic (exact) mass is 322 g/mol. The number of carbonyl (C=O) groups excluding carboxylic acids is 1. The largest absolute Gasteiger partial charge is 0.305 e. The minimum absolute atomic E-state index is 0.00151. The van der Waals surface area contributed by atoms with Crippen molar-refractivity contribution in [2.24, 2.45) is 0 Å². The van der Waals surface area contributed by atoms with E-state index in [1.54, 1.807) is 18.3 Å². The van der Waals surface area contributed by atoms with E-state index < -0.39 is 11.7 Å². The van der Waals surface area contributed by atoms with Crippen molar-refractivity contribution in [3.63, 3.8) is 0 Å². The number of carbonyl (C=O) groups is 1. The van der Waals surface area contributed by atoms with Crippen LogP contribution in [0, 0.1) is 5.82 Å². The second-order valence-electron chi connectivity index (χ2n) is 5.78. The van der Waals surface area contributed by atoms with E-state index in [0.29, 0.717) is 11.7 Å². The molecular formula is C18H15FN4O. The number of amides is 1. The van der Waals surface area contributed by atoms with Gasteiger partial charge in [0.2, 0.25) is 0 Å². The number of nitrogens with one attached hydrogen (secondary N) is 2. The molecule has 3 aromatic rings. The van der Waals surface area contributed by atoms with Crippen molar-refractivity contribution in [1.29, 1.82) is 0 Å². The molecule has 0 bridgehead atoms. The predicted molar refractivity (Wildman–Crippen MR) is 88.1 cm³/mol. The summed E-state index contributed by atoms with van der Waals surface area (Å²) < 4.78 is 13.8. The topological polar surface area (TPSA) is 70.7 Å². The van der Waals surface area contributed by atoms with E-state index in [-0.39, 0.29) is 5.56 Å². The molecule has 0 unspecified atom stereocenters. The highest BCUT2D eigenvalue weighted by Gasteiger charge is 2.32. The smallest absolute Gasteiger partial charge is 0.259 e. The van der Waals surface area contributed by atoms with Crippen LogP contribution < -0.4 is 5.32 Å². The van der Waals surface area contributed by atoms with Gasteiger partial charge in [-0.1, -0.05) is 18.2 Å². The molecule has 6 heteroatoms. The average molecular weight is 322 g/mol. The van der Waals surface area contributed by atoms with Crippen molar-refractivity contribution in [2.45, 2.75) is 18.8 Å². The normalized spacial score (nSPS) is 13.7. The number of anilines is 1. The summed E-state index contributed by atoms with van der Waals surface area (Å²) in [5.74, 6) is -0.263. The highest BCUT2D eigenvalue weighted by atomic mass is 19.1. The number of rotatable bonds is 4. The number of pyridine rings is 1. The maximum atomic E-state index is 13.8. The van der Waals surface area contributed by atoms with E-state index in [2.05, 4.69) is 20.5 Å². The van der Waals surface area contributed by atoms with Gasteiger partial charge in [0.25, 0.3) is 5.91 Å². The zero-order valence-electron chi connectivity index (χ0n) is 12.8. The molecule has 4 rings (SSSR count). The summed E-state index contributed by atoms with van der Waals surface area (Å²) in [4.78, 5) is 16.7. The van der Waals surface area contributed by atoms with Crippen LogP contribution >= 0.6 is 0 Å². The molecule has 0 radical (unpaired) electrons.